The second kappa shape index (κ2) is 5.57. The standard InChI is InChI=1S/C16H25N5O/c1-18-6-7-20(16(18)22)14-8-17-21(12-14)15-10-19(11-15)9-13-4-2-3-5-13/h8,12-13,15H,2-7,9-11H2,1H3. The van der Waals surface area contributed by atoms with Crippen LogP contribution in [0.15, 0.2) is 12.4 Å². The molecule has 1 aromatic heterocycles. The van der Waals surface area contributed by atoms with E-state index in [-0.39, 0.29) is 6.03 Å². The number of carbonyl (C=O) groups excluding carboxylic acids is 1. The van der Waals surface area contributed by atoms with Gasteiger partial charge in [0.15, 0.2) is 0 Å². The lowest BCUT2D eigenvalue weighted by Gasteiger charge is -2.40. The van der Waals surface area contributed by atoms with Gasteiger partial charge in [0.05, 0.1) is 17.9 Å². The first-order chi connectivity index (χ1) is 10.7. The van der Waals surface area contributed by atoms with E-state index in [0.717, 1.165) is 37.8 Å². The van der Waals surface area contributed by atoms with E-state index >= 15 is 0 Å². The summed E-state index contributed by atoms with van der Waals surface area (Å²) in [5.74, 6) is 0.923. The number of aromatic nitrogens is 2. The largest absolute Gasteiger partial charge is 0.326 e. The Hall–Kier alpha value is -1.56. The molecule has 2 amide bonds. The molecule has 1 aliphatic carbocycles. The first-order valence-electron chi connectivity index (χ1n) is 8.50. The summed E-state index contributed by atoms with van der Waals surface area (Å²) in [5.41, 5.74) is 0.934. The van der Waals surface area contributed by atoms with Crippen LogP contribution in [0.3, 0.4) is 0 Å². The molecule has 4 rings (SSSR count). The third kappa shape index (κ3) is 2.49. The number of urea groups is 1. The summed E-state index contributed by atoms with van der Waals surface area (Å²) in [6, 6.07) is 0.557. The van der Waals surface area contributed by atoms with Crippen molar-refractivity contribution in [3.63, 3.8) is 0 Å². The van der Waals surface area contributed by atoms with Gasteiger partial charge in [-0.25, -0.2) is 4.79 Å². The highest BCUT2D eigenvalue weighted by molar-refractivity contribution is 5.93. The highest BCUT2D eigenvalue weighted by Gasteiger charge is 2.32. The predicted octanol–water partition coefficient (Wildman–Crippen LogP) is 1.80. The van der Waals surface area contributed by atoms with E-state index in [2.05, 4.69) is 10.00 Å². The second-order valence-electron chi connectivity index (χ2n) is 7.06. The number of hydrogen-bond acceptors (Lipinski definition) is 3. The molecule has 3 heterocycles. The van der Waals surface area contributed by atoms with Crippen molar-refractivity contribution in [1.29, 1.82) is 0 Å². The summed E-state index contributed by atoms with van der Waals surface area (Å²) in [6.07, 6.45) is 9.53. The van der Waals surface area contributed by atoms with E-state index in [1.54, 1.807) is 4.90 Å². The normalized spacial score (nSPS) is 24.5. The molecular weight excluding hydrogens is 278 g/mol. The van der Waals surface area contributed by atoms with Crippen LogP contribution in [0, 0.1) is 5.92 Å². The average Bonchev–Trinajstić information content (AvgIpc) is 3.18. The monoisotopic (exact) mass is 303 g/mol. The third-order valence-corrected chi connectivity index (χ3v) is 5.42. The van der Waals surface area contributed by atoms with Crippen molar-refractivity contribution >= 4 is 11.7 Å². The van der Waals surface area contributed by atoms with Gasteiger partial charge < -0.3 is 4.90 Å². The molecule has 0 atom stereocenters. The Kier molecular flexibility index (Phi) is 3.56. The van der Waals surface area contributed by atoms with Crippen LogP contribution in [0.4, 0.5) is 10.5 Å². The van der Waals surface area contributed by atoms with Crippen LogP contribution in [0.2, 0.25) is 0 Å². The Morgan fingerprint density at radius 1 is 1.23 bits per heavy atom. The Balaban J connectivity index is 1.32. The van der Waals surface area contributed by atoms with E-state index < -0.39 is 0 Å². The molecule has 6 nitrogen and oxygen atoms in total. The van der Waals surface area contributed by atoms with Gasteiger partial charge in [-0.05, 0) is 18.8 Å². The van der Waals surface area contributed by atoms with E-state index in [1.807, 2.05) is 29.0 Å². The van der Waals surface area contributed by atoms with Crippen LogP contribution in [0.1, 0.15) is 31.7 Å². The third-order valence-electron chi connectivity index (χ3n) is 5.42. The molecule has 0 radical (unpaired) electrons. The quantitative estimate of drug-likeness (QED) is 0.852. The van der Waals surface area contributed by atoms with Crippen molar-refractivity contribution in [2.45, 2.75) is 31.7 Å². The van der Waals surface area contributed by atoms with Crippen LogP contribution in [0.25, 0.3) is 0 Å². The first-order valence-corrected chi connectivity index (χ1v) is 8.50. The molecule has 1 saturated carbocycles. The molecule has 0 bridgehead atoms. The summed E-state index contributed by atoms with van der Waals surface area (Å²) in [4.78, 5) is 18.1. The average molecular weight is 303 g/mol. The van der Waals surface area contributed by atoms with Crippen LogP contribution < -0.4 is 4.90 Å². The summed E-state index contributed by atoms with van der Waals surface area (Å²) >= 11 is 0. The van der Waals surface area contributed by atoms with Crippen molar-refractivity contribution in [2.24, 2.45) is 5.92 Å². The van der Waals surface area contributed by atoms with Gasteiger partial charge in [-0.1, -0.05) is 12.8 Å². The summed E-state index contributed by atoms with van der Waals surface area (Å²) in [7, 11) is 1.85. The van der Waals surface area contributed by atoms with Crippen LogP contribution >= 0.6 is 0 Å². The van der Waals surface area contributed by atoms with Crippen molar-refractivity contribution in [2.75, 3.05) is 44.7 Å². The second-order valence-corrected chi connectivity index (χ2v) is 7.06. The highest BCUT2D eigenvalue weighted by atomic mass is 16.2. The van der Waals surface area contributed by atoms with Gasteiger partial charge in [-0.15, -0.1) is 0 Å². The maximum atomic E-state index is 12.0. The summed E-state index contributed by atoms with van der Waals surface area (Å²) in [6.45, 7) is 5.03. The zero-order valence-corrected chi connectivity index (χ0v) is 13.3. The molecule has 2 saturated heterocycles. The Morgan fingerprint density at radius 3 is 2.68 bits per heavy atom. The molecule has 3 aliphatic rings. The minimum absolute atomic E-state index is 0.0796. The number of amides is 2. The van der Waals surface area contributed by atoms with Gasteiger partial charge >= 0.3 is 6.03 Å². The lowest BCUT2D eigenvalue weighted by atomic mass is 10.0. The Labute approximate surface area is 131 Å². The minimum atomic E-state index is 0.0796. The van der Waals surface area contributed by atoms with Gasteiger partial charge in [0, 0.05) is 46.0 Å². The van der Waals surface area contributed by atoms with Crippen LogP contribution in [-0.4, -0.2) is 65.4 Å². The Bertz CT molecular complexity index is 544. The van der Waals surface area contributed by atoms with Crippen molar-refractivity contribution < 1.29 is 4.79 Å². The summed E-state index contributed by atoms with van der Waals surface area (Å²) in [5, 5.41) is 4.49. The number of nitrogens with zero attached hydrogens (tertiary/aromatic N) is 5. The minimum Gasteiger partial charge on any atom is -0.326 e. The number of rotatable bonds is 4. The van der Waals surface area contributed by atoms with Crippen LogP contribution in [0.5, 0.6) is 0 Å². The fourth-order valence-electron chi connectivity index (χ4n) is 3.97. The Morgan fingerprint density at radius 2 is 2.00 bits per heavy atom. The van der Waals surface area contributed by atoms with Crippen molar-refractivity contribution in [1.82, 2.24) is 19.6 Å². The molecular formula is C16H25N5O. The maximum absolute atomic E-state index is 12.0. The van der Waals surface area contributed by atoms with Crippen LogP contribution in [-0.2, 0) is 0 Å². The number of carbonyl (C=O) groups is 1. The molecule has 6 heteroatoms. The maximum Gasteiger partial charge on any atom is 0.324 e. The van der Waals surface area contributed by atoms with Crippen molar-refractivity contribution in [3.8, 4) is 0 Å². The van der Waals surface area contributed by atoms with Gasteiger partial charge in [-0.2, -0.15) is 5.10 Å². The smallest absolute Gasteiger partial charge is 0.324 e. The lowest BCUT2D eigenvalue weighted by molar-refractivity contribution is 0.0813. The highest BCUT2D eigenvalue weighted by Crippen LogP contribution is 2.30. The fraction of sp³-hybridized carbons (Fsp3) is 0.750. The molecule has 3 fully saturated rings. The molecule has 22 heavy (non-hydrogen) atoms. The molecule has 1 aromatic rings. The predicted molar refractivity (Wildman–Crippen MR) is 85.0 cm³/mol. The molecule has 2 aliphatic heterocycles. The lowest BCUT2D eigenvalue weighted by Crippen LogP contribution is -2.49. The summed E-state index contributed by atoms with van der Waals surface area (Å²) < 4.78 is 2.05. The topological polar surface area (TPSA) is 44.6 Å². The number of anilines is 1. The van der Waals surface area contributed by atoms with Gasteiger partial charge in [0.25, 0.3) is 0 Å². The van der Waals surface area contributed by atoms with Gasteiger partial charge in [0.2, 0.25) is 0 Å². The number of hydrogen-bond donors (Lipinski definition) is 0. The molecule has 0 N–H and O–H groups in total. The SMILES string of the molecule is CN1CCN(c2cnn(C3CN(CC4CCCC4)C3)c2)C1=O. The van der Waals surface area contributed by atoms with E-state index in [1.165, 1.54) is 32.2 Å². The van der Waals surface area contributed by atoms with Crippen molar-refractivity contribution in [3.05, 3.63) is 12.4 Å². The molecule has 0 aromatic carbocycles. The van der Waals surface area contributed by atoms with E-state index in [9.17, 15) is 4.79 Å². The molecule has 0 spiro atoms. The zero-order valence-electron chi connectivity index (χ0n) is 13.3. The number of likely N-dealkylation sites (N-methyl/N-ethyl adjacent to an activating group) is 1. The fourth-order valence-corrected chi connectivity index (χ4v) is 3.97. The van der Waals surface area contributed by atoms with E-state index in [4.69, 9.17) is 0 Å². The molecule has 120 valence electrons. The van der Waals surface area contributed by atoms with Gasteiger partial charge in [0.1, 0.15) is 0 Å². The van der Waals surface area contributed by atoms with E-state index in [0.29, 0.717) is 6.04 Å². The first kappa shape index (κ1) is 14.1. The zero-order chi connectivity index (χ0) is 15.1. The molecule has 0 unspecified atom stereocenters. The van der Waals surface area contributed by atoms with Gasteiger partial charge in [-0.3, -0.25) is 14.5 Å². The number of likely N-dealkylation sites (tertiary alicyclic amines) is 1.